The SMILES string of the molecule is O=C(O)CC(=O)c1n[nH]c2c1CCCC2. The number of carbonyl (C=O) groups is 2. The van der Waals surface area contributed by atoms with Crippen LogP contribution in [-0.2, 0) is 17.6 Å². The van der Waals surface area contributed by atoms with E-state index in [1.807, 2.05) is 0 Å². The fraction of sp³-hybridized carbons (Fsp3) is 0.500. The number of H-pyrrole nitrogens is 1. The number of carboxylic acid groups (broad SMARTS) is 1. The van der Waals surface area contributed by atoms with E-state index in [0.717, 1.165) is 36.9 Å². The smallest absolute Gasteiger partial charge is 0.311 e. The molecule has 0 saturated carbocycles. The summed E-state index contributed by atoms with van der Waals surface area (Å²) in [6.45, 7) is 0. The lowest BCUT2D eigenvalue weighted by molar-refractivity contribution is -0.135. The number of aromatic nitrogens is 2. The van der Waals surface area contributed by atoms with Crippen LogP contribution in [0, 0.1) is 0 Å². The summed E-state index contributed by atoms with van der Waals surface area (Å²) in [6, 6.07) is 0. The number of rotatable bonds is 3. The van der Waals surface area contributed by atoms with Gasteiger partial charge in [0.25, 0.3) is 0 Å². The minimum absolute atomic E-state index is 0.326. The van der Waals surface area contributed by atoms with Crippen LogP contribution >= 0.6 is 0 Å². The van der Waals surface area contributed by atoms with E-state index < -0.39 is 18.2 Å². The first-order valence-corrected chi connectivity index (χ1v) is 4.99. The van der Waals surface area contributed by atoms with E-state index in [1.54, 1.807) is 0 Å². The van der Waals surface area contributed by atoms with Crippen molar-refractivity contribution in [2.24, 2.45) is 0 Å². The molecule has 0 unspecified atom stereocenters. The van der Waals surface area contributed by atoms with Gasteiger partial charge >= 0.3 is 5.97 Å². The van der Waals surface area contributed by atoms with Gasteiger partial charge in [0.1, 0.15) is 12.1 Å². The summed E-state index contributed by atoms with van der Waals surface area (Å²) in [7, 11) is 0. The molecule has 1 heterocycles. The number of carbonyl (C=O) groups excluding carboxylic acids is 1. The van der Waals surface area contributed by atoms with Gasteiger partial charge in [-0.2, -0.15) is 5.10 Å². The zero-order valence-corrected chi connectivity index (χ0v) is 8.25. The van der Waals surface area contributed by atoms with Crippen LogP contribution in [0.15, 0.2) is 0 Å². The molecular weight excluding hydrogens is 196 g/mol. The minimum Gasteiger partial charge on any atom is -0.481 e. The molecule has 0 fully saturated rings. The highest BCUT2D eigenvalue weighted by molar-refractivity contribution is 6.05. The summed E-state index contributed by atoms with van der Waals surface area (Å²) in [6.07, 6.45) is 3.40. The summed E-state index contributed by atoms with van der Waals surface area (Å²) in [5.74, 6) is -1.51. The van der Waals surface area contributed by atoms with Gasteiger partial charge in [0.05, 0.1) is 0 Å². The topological polar surface area (TPSA) is 83.0 Å². The van der Waals surface area contributed by atoms with E-state index in [2.05, 4.69) is 10.2 Å². The molecule has 80 valence electrons. The third-order valence-corrected chi connectivity index (χ3v) is 2.63. The summed E-state index contributed by atoms with van der Waals surface area (Å²) in [5.41, 5.74) is 2.24. The summed E-state index contributed by atoms with van der Waals surface area (Å²) in [4.78, 5) is 21.9. The fourth-order valence-corrected chi connectivity index (χ4v) is 1.93. The van der Waals surface area contributed by atoms with Crippen LogP contribution in [0.3, 0.4) is 0 Å². The molecule has 0 saturated heterocycles. The molecule has 2 rings (SSSR count). The Bertz CT molecular complexity index is 409. The molecule has 1 aromatic rings. The maximum absolute atomic E-state index is 11.5. The summed E-state index contributed by atoms with van der Waals surface area (Å²) in [5, 5.41) is 15.3. The zero-order valence-electron chi connectivity index (χ0n) is 8.25. The van der Waals surface area contributed by atoms with Gasteiger partial charge in [-0.3, -0.25) is 14.7 Å². The average molecular weight is 208 g/mol. The van der Waals surface area contributed by atoms with Crippen molar-refractivity contribution in [1.29, 1.82) is 0 Å². The first kappa shape index (κ1) is 9.89. The van der Waals surface area contributed by atoms with E-state index in [-0.39, 0.29) is 0 Å². The quantitative estimate of drug-likeness (QED) is 0.572. The van der Waals surface area contributed by atoms with Crippen molar-refractivity contribution in [2.45, 2.75) is 32.1 Å². The van der Waals surface area contributed by atoms with Crippen LogP contribution in [0.4, 0.5) is 0 Å². The molecule has 15 heavy (non-hydrogen) atoms. The van der Waals surface area contributed by atoms with Crippen molar-refractivity contribution in [3.63, 3.8) is 0 Å². The van der Waals surface area contributed by atoms with Crippen LogP contribution in [0.2, 0.25) is 0 Å². The Morgan fingerprint density at radius 2 is 2.07 bits per heavy atom. The van der Waals surface area contributed by atoms with E-state index in [9.17, 15) is 9.59 Å². The van der Waals surface area contributed by atoms with Gasteiger partial charge in [0, 0.05) is 11.3 Å². The second-order valence-corrected chi connectivity index (χ2v) is 3.73. The zero-order chi connectivity index (χ0) is 10.8. The molecule has 1 aliphatic carbocycles. The Morgan fingerprint density at radius 1 is 1.33 bits per heavy atom. The molecule has 0 aromatic carbocycles. The number of aryl methyl sites for hydroxylation is 1. The average Bonchev–Trinajstić information content (AvgIpc) is 2.59. The maximum atomic E-state index is 11.5. The molecule has 0 amide bonds. The highest BCUT2D eigenvalue weighted by Gasteiger charge is 2.22. The summed E-state index contributed by atoms with van der Waals surface area (Å²) >= 11 is 0. The Labute approximate surface area is 86.5 Å². The van der Waals surface area contributed by atoms with Gasteiger partial charge in [-0.25, -0.2) is 0 Å². The van der Waals surface area contributed by atoms with Crippen LogP contribution in [0.5, 0.6) is 0 Å². The first-order chi connectivity index (χ1) is 7.18. The van der Waals surface area contributed by atoms with Gasteiger partial charge in [-0.05, 0) is 25.7 Å². The van der Waals surface area contributed by atoms with Crippen molar-refractivity contribution in [1.82, 2.24) is 10.2 Å². The number of ketones is 1. The fourth-order valence-electron chi connectivity index (χ4n) is 1.93. The van der Waals surface area contributed by atoms with Crippen LogP contribution < -0.4 is 0 Å². The third-order valence-electron chi connectivity index (χ3n) is 2.63. The van der Waals surface area contributed by atoms with Crippen molar-refractivity contribution in [3.8, 4) is 0 Å². The van der Waals surface area contributed by atoms with Crippen molar-refractivity contribution >= 4 is 11.8 Å². The molecule has 1 aliphatic rings. The Kier molecular flexibility index (Phi) is 2.53. The van der Waals surface area contributed by atoms with Crippen LogP contribution in [-0.4, -0.2) is 27.1 Å². The molecular formula is C10H12N2O3. The van der Waals surface area contributed by atoms with Gasteiger partial charge in [0.15, 0.2) is 5.78 Å². The van der Waals surface area contributed by atoms with Gasteiger partial charge < -0.3 is 5.11 Å². The van der Waals surface area contributed by atoms with Gasteiger partial charge in [-0.1, -0.05) is 0 Å². The Morgan fingerprint density at radius 3 is 2.80 bits per heavy atom. The predicted molar refractivity (Wildman–Crippen MR) is 51.8 cm³/mol. The number of carboxylic acids is 1. The van der Waals surface area contributed by atoms with Crippen LogP contribution in [0.25, 0.3) is 0 Å². The molecule has 0 radical (unpaired) electrons. The number of nitrogens with zero attached hydrogens (tertiary/aromatic N) is 1. The lowest BCUT2D eigenvalue weighted by Gasteiger charge is -2.10. The van der Waals surface area contributed by atoms with Crippen molar-refractivity contribution in [3.05, 3.63) is 17.0 Å². The number of Topliss-reactive ketones (excluding diaryl/α,β-unsaturated/α-hetero) is 1. The van der Waals surface area contributed by atoms with Crippen molar-refractivity contribution in [2.75, 3.05) is 0 Å². The minimum atomic E-state index is -1.10. The monoisotopic (exact) mass is 208 g/mol. The van der Waals surface area contributed by atoms with E-state index in [4.69, 9.17) is 5.11 Å². The Hall–Kier alpha value is -1.65. The highest BCUT2D eigenvalue weighted by atomic mass is 16.4. The number of hydrogen-bond acceptors (Lipinski definition) is 3. The molecule has 1 aromatic heterocycles. The molecule has 0 aliphatic heterocycles. The number of fused-ring (bicyclic) bond motifs is 1. The number of aromatic amines is 1. The number of hydrogen-bond donors (Lipinski definition) is 2. The first-order valence-electron chi connectivity index (χ1n) is 4.99. The standard InChI is InChI=1S/C10H12N2O3/c13-8(5-9(14)15)10-6-3-1-2-4-7(6)11-12-10/h1-5H2,(H,11,12)(H,14,15). The normalized spacial score (nSPS) is 14.7. The lowest BCUT2D eigenvalue weighted by Crippen LogP contribution is -2.11. The second kappa shape index (κ2) is 3.84. The lowest BCUT2D eigenvalue weighted by atomic mass is 9.94. The van der Waals surface area contributed by atoms with Gasteiger partial charge in [-0.15, -0.1) is 0 Å². The van der Waals surface area contributed by atoms with Crippen molar-refractivity contribution < 1.29 is 14.7 Å². The van der Waals surface area contributed by atoms with E-state index >= 15 is 0 Å². The largest absolute Gasteiger partial charge is 0.481 e. The number of aliphatic carboxylic acids is 1. The second-order valence-electron chi connectivity index (χ2n) is 3.73. The summed E-state index contributed by atoms with van der Waals surface area (Å²) < 4.78 is 0. The predicted octanol–water partition coefficient (Wildman–Crippen LogP) is 0.946. The molecule has 0 spiro atoms. The Balaban J connectivity index is 2.25. The molecule has 2 N–H and O–H groups in total. The molecule has 5 nitrogen and oxygen atoms in total. The van der Waals surface area contributed by atoms with E-state index in [0.29, 0.717) is 5.69 Å². The highest BCUT2D eigenvalue weighted by Crippen LogP contribution is 2.22. The number of nitrogens with one attached hydrogen (secondary N) is 1. The maximum Gasteiger partial charge on any atom is 0.311 e. The molecule has 0 atom stereocenters. The van der Waals surface area contributed by atoms with Gasteiger partial charge in [0.2, 0.25) is 0 Å². The third kappa shape index (κ3) is 1.91. The molecule has 0 bridgehead atoms. The van der Waals surface area contributed by atoms with E-state index in [1.165, 1.54) is 0 Å². The van der Waals surface area contributed by atoms with Crippen LogP contribution in [0.1, 0.15) is 41.0 Å². The molecule has 5 heteroatoms.